The van der Waals surface area contributed by atoms with E-state index in [-0.39, 0.29) is 12.0 Å². The third-order valence-electron chi connectivity index (χ3n) is 4.63. The molecule has 25 heavy (non-hydrogen) atoms. The molecule has 2 aliphatic rings. The zero-order chi connectivity index (χ0) is 17.2. The molecular weight excluding hydrogens is 320 g/mol. The maximum Gasteiger partial charge on any atom is 0.276 e. The van der Waals surface area contributed by atoms with Crippen molar-refractivity contribution in [2.24, 2.45) is 0 Å². The molecule has 3 heterocycles. The molecule has 7 heteroatoms. The van der Waals surface area contributed by atoms with E-state index in [0.717, 1.165) is 18.6 Å². The number of amides is 1. The molecule has 4 rings (SSSR count). The van der Waals surface area contributed by atoms with Gasteiger partial charge in [0.15, 0.2) is 5.69 Å². The highest BCUT2D eigenvalue weighted by atomic mass is 16.5. The van der Waals surface area contributed by atoms with E-state index in [1.807, 2.05) is 0 Å². The number of carbonyl (C=O) groups is 1. The number of nitrogens with zero attached hydrogens (tertiary/aromatic N) is 4. The smallest absolute Gasteiger partial charge is 0.276 e. The Morgan fingerprint density at radius 2 is 2.12 bits per heavy atom. The van der Waals surface area contributed by atoms with Crippen molar-refractivity contribution in [2.75, 3.05) is 13.1 Å². The molecule has 0 N–H and O–H groups in total. The third kappa shape index (κ3) is 3.33. The first-order valence-electron chi connectivity index (χ1n) is 8.52. The lowest BCUT2D eigenvalue weighted by Gasteiger charge is -2.31. The Morgan fingerprint density at radius 3 is 2.84 bits per heavy atom. The van der Waals surface area contributed by atoms with E-state index in [0.29, 0.717) is 49.0 Å². The molecule has 7 nitrogen and oxygen atoms in total. The summed E-state index contributed by atoms with van der Waals surface area (Å²) in [6.45, 7) is 1.17. The van der Waals surface area contributed by atoms with Crippen LogP contribution in [0.2, 0.25) is 0 Å². The molecule has 0 radical (unpaired) electrons. The predicted octanol–water partition coefficient (Wildman–Crippen LogP) is 2.50. The van der Waals surface area contributed by atoms with Gasteiger partial charge in [0.25, 0.3) is 5.91 Å². The van der Waals surface area contributed by atoms with Crippen LogP contribution in [0.3, 0.4) is 0 Å². The molecule has 1 saturated heterocycles. The molecule has 1 saturated carbocycles. The summed E-state index contributed by atoms with van der Waals surface area (Å²) in [5.41, 5.74) is 0.814. The van der Waals surface area contributed by atoms with Gasteiger partial charge in [-0.3, -0.25) is 4.79 Å². The van der Waals surface area contributed by atoms with E-state index in [1.165, 1.54) is 0 Å². The quantitative estimate of drug-likeness (QED) is 0.850. The molecule has 2 aromatic rings. The fourth-order valence-corrected chi connectivity index (χ4v) is 3.02. The first kappa shape index (κ1) is 15.6. The minimum Gasteiger partial charge on any atom is -0.473 e. The zero-order valence-electron chi connectivity index (χ0n) is 13.7. The lowest BCUT2D eigenvalue weighted by Crippen LogP contribution is -2.42. The van der Waals surface area contributed by atoms with E-state index in [4.69, 9.17) is 14.5 Å². The summed E-state index contributed by atoms with van der Waals surface area (Å²) < 4.78 is 11.1. The Labute approximate surface area is 145 Å². The molecule has 0 atom stereocenters. The molecule has 0 bridgehead atoms. The van der Waals surface area contributed by atoms with Crippen LogP contribution in [0.15, 0.2) is 28.9 Å². The average Bonchev–Trinajstić information content (AvgIpc) is 3.39. The Morgan fingerprint density at radius 1 is 1.32 bits per heavy atom. The van der Waals surface area contributed by atoms with Crippen LogP contribution in [0.4, 0.5) is 0 Å². The van der Waals surface area contributed by atoms with Crippen molar-refractivity contribution in [1.29, 1.82) is 5.26 Å². The van der Waals surface area contributed by atoms with Crippen LogP contribution in [-0.4, -0.2) is 40.1 Å². The number of ether oxygens (including phenoxy) is 1. The summed E-state index contributed by atoms with van der Waals surface area (Å²) in [6.07, 6.45) is 5.18. The van der Waals surface area contributed by atoms with Gasteiger partial charge in [0, 0.05) is 44.1 Å². The van der Waals surface area contributed by atoms with Gasteiger partial charge in [-0.05, 0) is 25.0 Å². The Bertz CT molecular complexity index is 814. The van der Waals surface area contributed by atoms with Crippen molar-refractivity contribution in [3.05, 3.63) is 41.4 Å². The Kier molecular flexibility index (Phi) is 4.10. The number of rotatable bonds is 4. The number of carbonyl (C=O) groups excluding carboxylic acids is 1. The SMILES string of the molecule is N#Cc1cccnc1OC1CCN(C(=O)c2cc(C3CC3)on2)CC1. The van der Waals surface area contributed by atoms with Gasteiger partial charge in [0.2, 0.25) is 5.88 Å². The highest BCUT2D eigenvalue weighted by molar-refractivity contribution is 5.92. The van der Waals surface area contributed by atoms with Crippen molar-refractivity contribution in [2.45, 2.75) is 37.7 Å². The van der Waals surface area contributed by atoms with Gasteiger partial charge in [-0.1, -0.05) is 5.16 Å². The summed E-state index contributed by atoms with van der Waals surface area (Å²) in [5, 5.41) is 13.0. The molecule has 128 valence electrons. The highest BCUT2D eigenvalue weighted by Crippen LogP contribution is 2.40. The van der Waals surface area contributed by atoms with Crippen LogP contribution >= 0.6 is 0 Å². The molecule has 2 fully saturated rings. The van der Waals surface area contributed by atoms with E-state index in [9.17, 15) is 4.79 Å². The van der Waals surface area contributed by atoms with Crippen LogP contribution in [-0.2, 0) is 0 Å². The second kappa shape index (κ2) is 6.55. The van der Waals surface area contributed by atoms with Crippen LogP contribution in [0.1, 0.15) is 53.4 Å². The maximum absolute atomic E-state index is 12.5. The monoisotopic (exact) mass is 338 g/mol. The molecule has 2 aromatic heterocycles. The Hall–Kier alpha value is -2.88. The second-order valence-electron chi connectivity index (χ2n) is 6.47. The zero-order valence-corrected chi connectivity index (χ0v) is 13.7. The van der Waals surface area contributed by atoms with Crippen molar-refractivity contribution in [3.63, 3.8) is 0 Å². The van der Waals surface area contributed by atoms with Crippen LogP contribution < -0.4 is 4.74 Å². The first-order valence-corrected chi connectivity index (χ1v) is 8.52. The number of aromatic nitrogens is 2. The number of pyridine rings is 1. The fraction of sp³-hybridized carbons (Fsp3) is 0.444. The topological polar surface area (TPSA) is 92.2 Å². The van der Waals surface area contributed by atoms with Crippen molar-refractivity contribution in [1.82, 2.24) is 15.0 Å². The van der Waals surface area contributed by atoms with Gasteiger partial charge >= 0.3 is 0 Å². The molecule has 1 amide bonds. The van der Waals surface area contributed by atoms with Crippen LogP contribution in [0.25, 0.3) is 0 Å². The van der Waals surface area contributed by atoms with E-state index < -0.39 is 0 Å². The molecule has 0 aromatic carbocycles. The number of likely N-dealkylation sites (tertiary alicyclic amines) is 1. The van der Waals surface area contributed by atoms with Gasteiger partial charge in [0.05, 0.1) is 0 Å². The van der Waals surface area contributed by atoms with Crippen LogP contribution in [0.5, 0.6) is 5.88 Å². The fourth-order valence-electron chi connectivity index (χ4n) is 3.02. The van der Waals surface area contributed by atoms with E-state index in [2.05, 4.69) is 16.2 Å². The van der Waals surface area contributed by atoms with Crippen molar-refractivity contribution < 1.29 is 14.1 Å². The lowest BCUT2D eigenvalue weighted by atomic mass is 10.1. The van der Waals surface area contributed by atoms with Gasteiger partial charge in [-0.2, -0.15) is 5.26 Å². The standard InChI is InChI=1S/C18H18N4O3/c19-11-13-2-1-7-20-17(13)24-14-5-8-22(9-6-14)18(23)15-10-16(25-21-15)12-3-4-12/h1-2,7,10,12,14H,3-6,8-9H2. The predicted molar refractivity (Wildman–Crippen MR) is 87.0 cm³/mol. The minimum absolute atomic E-state index is 0.0506. The summed E-state index contributed by atoms with van der Waals surface area (Å²) >= 11 is 0. The average molecular weight is 338 g/mol. The number of piperidine rings is 1. The van der Waals surface area contributed by atoms with Gasteiger partial charge in [0.1, 0.15) is 23.5 Å². The van der Waals surface area contributed by atoms with Crippen LogP contribution in [0, 0.1) is 11.3 Å². The summed E-state index contributed by atoms with van der Waals surface area (Å²) in [4.78, 5) is 18.4. The van der Waals surface area contributed by atoms with Gasteiger partial charge in [-0.25, -0.2) is 4.98 Å². The number of hydrogen-bond acceptors (Lipinski definition) is 6. The number of nitriles is 1. The second-order valence-corrected chi connectivity index (χ2v) is 6.47. The van der Waals surface area contributed by atoms with Gasteiger partial charge < -0.3 is 14.2 Å². The van der Waals surface area contributed by atoms with E-state index in [1.54, 1.807) is 29.3 Å². The molecule has 1 aliphatic heterocycles. The maximum atomic E-state index is 12.5. The normalized spacial score (nSPS) is 18.0. The summed E-state index contributed by atoms with van der Waals surface area (Å²) in [6, 6.07) is 7.25. The van der Waals surface area contributed by atoms with E-state index >= 15 is 0 Å². The lowest BCUT2D eigenvalue weighted by molar-refractivity contribution is 0.0578. The van der Waals surface area contributed by atoms with Gasteiger partial charge in [-0.15, -0.1) is 0 Å². The molecule has 0 unspecified atom stereocenters. The summed E-state index contributed by atoms with van der Waals surface area (Å²) in [7, 11) is 0. The molecule has 1 aliphatic carbocycles. The molecular formula is C18H18N4O3. The molecule has 0 spiro atoms. The number of hydrogen-bond donors (Lipinski definition) is 0. The third-order valence-corrected chi connectivity index (χ3v) is 4.63. The van der Waals surface area contributed by atoms with Crippen molar-refractivity contribution in [3.8, 4) is 11.9 Å². The highest BCUT2D eigenvalue weighted by Gasteiger charge is 2.31. The summed E-state index contributed by atoms with van der Waals surface area (Å²) in [5.74, 6) is 1.53. The first-order chi connectivity index (χ1) is 12.2. The Balaban J connectivity index is 1.34. The largest absolute Gasteiger partial charge is 0.473 e. The van der Waals surface area contributed by atoms with Crippen molar-refractivity contribution >= 4 is 5.91 Å². The minimum atomic E-state index is -0.0929.